The van der Waals surface area contributed by atoms with Crippen molar-refractivity contribution in [3.8, 4) is 0 Å². The SMILES string of the molecule is CN1c2ccccc2/C(=N\[S@+]([O-])C(C)(C)C)C12CCN(C(=O)O)CC2. The summed E-state index contributed by atoms with van der Waals surface area (Å²) in [6.45, 7) is 6.65. The average Bonchev–Trinajstić information content (AvgIpc) is 2.78. The van der Waals surface area contributed by atoms with Crippen LogP contribution in [0.2, 0.25) is 0 Å². The van der Waals surface area contributed by atoms with Crippen LogP contribution in [0.5, 0.6) is 0 Å². The lowest BCUT2D eigenvalue weighted by molar-refractivity contribution is 0.127. The fraction of sp³-hybridized carbons (Fsp3) is 0.556. The lowest BCUT2D eigenvalue weighted by Crippen LogP contribution is -2.57. The maximum atomic E-state index is 12.7. The van der Waals surface area contributed by atoms with Gasteiger partial charge in [-0.15, -0.1) is 0 Å². The maximum Gasteiger partial charge on any atom is 0.407 e. The van der Waals surface area contributed by atoms with Gasteiger partial charge in [-0.1, -0.05) is 22.6 Å². The third kappa shape index (κ3) is 3.00. The van der Waals surface area contributed by atoms with Crippen molar-refractivity contribution in [2.45, 2.75) is 43.9 Å². The van der Waals surface area contributed by atoms with Crippen molar-refractivity contribution in [3.05, 3.63) is 29.8 Å². The Morgan fingerprint density at radius 2 is 1.88 bits per heavy atom. The highest BCUT2D eigenvalue weighted by atomic mass is 32.2. The number of carboxylic acid groups (broad SMARTS) is 1. The highest BCUT2D eigenvalue weighted by Gasteiger charge is 2.51. The minimum Gasteiger partial charge on any atom is -0.591 e. The molecule has 2 heterocycles. The molecule has 0 aliphatic carbocycles. The third-order valence-corrected chi connectivity index (χ3v) is 6.56. The van der Waals surface area contributed by atoms with Gasteiger partial charge in [0.25, 0.3) is 0 Å². The summed E-state index contributed by atoms with van der Waals surface area (Å²) in [6, 6.07) is 8.01. The Morgan fingerprint density at radius 1 is 1.28 bits per heavy atom. The Hall–Kier alpha value is -1.73. The van der Waals surface area contributed by atoms with E-state index in [1.165, 1.54) is 4.90 Å². The number of likely N-dealkylation sites (tertiary alicyclic amines) is 1. The second kappa shape index (κ2) is 6.21. The van der Waals surface area contributed by atoms with Crippen LogP contribution in [0, 0.1) is 0 Å². The summed E-state index contributed by atoms with van der Waals surface area (Å²) in [7, 11) is 2.03. The first-order valence-electron chi connectivity index (χ1n) is 8.49. The molecule has 0 bridgehead atoms. The molecule has 1 saturated heterocycles. The number of hydrogen-bond acceptors (Lipinski definition) is 4. The van der Waals surface area contributed by atoms with E-state index >= 15 is 0 Å². The number of benzene rings is 1. The molecule has 0 radical (unpaired) electrons. The van der Waals surface area contributed by atoms with Crippen LogP contribution >= 0.6 is 0 Å². The van der Waals surface area contributed by atoms with E-state index in [0.717, 1.165) is 17.0 Å². The number of amides is 1. The second-order valence-electron chi connectivity index (χ2n) is 7.68. The largest absolute Gasteiger partial charge is 0.591 e. The molecule has 136 valence electrons. The van der Waals surface area contributed by atoms with Crippen molar-refractivity contribution in [2.24, 2.45) is 4.40 Å². The van der Waals surface area contributed by atoms with Gasteiger partial charge in [0.05, 0.1) is 5.54 Å². The van der Waals surface area contributed by atoms with Crippen LogP contribution in [0.15, 0.2) is 28.7 Å². The highest BCUT2D eigenvalue weighted by Crippen LogP contribution is 2.44. The van der Waals surface area contributed by atoms with E-state index in [1.54, 1.807) is 0 Å². The van der Waals surface area contributed by atoms with Crippen LogP contribution in [-0.4, -0.2) is 56.8 Å². The Bertz CT molecular complexity index is 706. The molecular formula is C18H25N3O3S. The number of anilines is 1. The third-order valence-electron chi connectivity index (χ3n) is 5.16. The molecule has 1 spiro atoms. The predicted molar refractivity (Wildman–Crippen MR) is 101 cm³/mol. The summed E-state index contributed by atoms with van der Waals surface area (Å²) in [5.41, 5.74) is 2.52. The molecule has 1 aromatic carbocycles. The molecule has 2 aliphatic heterocycles. The molecule has 1 N–H and O–H groups in total. The molecular weight excluding hydrogens is 338 g/mol. The lowest BCUT2D eigenvalue weighted by Gasteiger charge is -2.43. The van der Waals surface area contributed by atoms with Gasteiger partial charge in [0.1, 0.15) is 21.8 Å². The van der Waals surface area contributed by atoms with Crippen molar-refractivity contribution >= 4 is 28.9 Å². The molecule has 25 heavy (non-hydrogen) atoms. The maximum absolute atomic E-state index is 12.7. The Kier molecular flexibility index (Phi) is 4.49. The van der Waals surface area contributed by atoms with E-state index in [-0.39, 0.29) is 0 Å². The van der Waals surface area contributed by atoms with Crippen molar-refractivity contribution in [3.63, 3.8) is 0 Å². The highest BCUT2D eigenvalue weighted by molar-refractivity contribution is 7.91. The van der Waals surface area contributed by atoms with E-state index in [1.807, 2.05) is 52.1 Å². The smallest absolute Gasteiger partial charge is 0.407 e. The number of piperidine rings is 1. The van der Waals surface area contributed by atoms with Crippen molar-refractivity contribution in [2.75, 3.05) is 25.0 Å². The quantitative estimate of drug-likeness (QED) is 0.778. The number of nitrogens with zero attached hydrogens (tertiary/aromatic N) is 3. The van der Waals surface area contributed by atoms with Gasteiger partial charge in [0.15, 0.2) is 0 Å². The standard InChI is InChI=1S/C18H25N3O3S/c1-17(2,3)25(24)19-15-13-7-5-6-8-14(13)20(4)18(15)9-11-21(12-10-18)16(22)23/h5-8H,9-12H2,1-4H3,(H,22,23)/b19-15+/t25-/m1/s1. The van der Waals surface area contributed by atoms with Gasteiger partial charge < -0.3 is 19.5 Å². The summed E-state index contributed by atoms with van der Waals surface area (Å²) < 4.78 is 17.0. The van der Waals surface area contributed by atoms with Crippen LogP contribution < -0.4 is 4.90 Å². The zero-order valence-electron chi connectivity index (χ0n) is 15.2. The minimum absolute atomic E-state index is 0.392. The van der Waals surface area contributed by atoms with Gasteiger partial charge in [0.2, 0.25) is 0 Å². The average molecular weight is 363 g/mol. The molecule has 3 rings (SSSR count). The Labute approximate surface area is 151 Å². The first-order chi connectivity index (χ1) is 11.7. The van der Waals surface area contributed by atoms with Crippen LogP contribution in [0.3, 0.4) is 0 Å². The normalized spacial score (nSPS) is 22.4. The number of carbonyl (C=O) groups is 1. The second-order valence-corrected chi connectivity index (χ2v) is 9.58. The first kappa shape index (κ1) is 18.1. The van der Waals surface area contributed by atoms with E-state index in [0.29, 0.717) is 25.9 Å². The van der Waals surface area contributed by atoms with Gasteiger partial charge in [-0.3, -0.25) is 0 Å². The number of rotatable bonds is 1. The van der Waals surface area contributed by atoms with Gasteiger partial charge in [0, 0.05) is 31.4 Å². The topological polar surface area (TPSA) is 79.2 Å². The molecule has 1 amide bonds. The van der Waals surface area contributed by atoms with Crippen molar-refractivity contribution < 1.29 is 14.5 Å². The molecule has 6 nitrogen and oxygen atoms in total. The van der Waals surface area contributed by atoms with Crippen LogP contribution in [-0.2, 0) is 11.4 Å². The number of para-hydroxylation sites is 1. The van der Waals surface area contributed by atoms with Gasteiger partial charge in [-0.05, 0) is 39.7 Å². The van der Waals surface area contributed by atoms with E-state index < -0.39 is 27.7 Å². The number of likely N-dealkylation sites (N-methyl/N-ethyl adjacent to an activating group) is 1. The Balaban J connectivity index is 2.05. The molecule has 0 unspecified atom stereocenters. The molecule has 1 atom stereocenters. The first-order valence-corrected chi connectivity index (χ1v) is 9.60. The summed E-state index contributed by atoms with van der Waals surface area (Å²) in [4.78, 5) is 14.9. The zero-order chi connectivity index (χ0) is 18.4. The zero-order valence-corrected chi connectivity index (χ0v) is 16.0. The van der Waals surface area contributed by atoms with Crippen molar-refractivity contribution in [1.29, 1.82) is 0 Å². The van der Waals surface area contributed by atoms with E-state index in [2.05, 4.69) is 9.30 Å². The molecule has 2 aliphatic rings. The predicted octanol–water partition coefficient (Wildman–Crippen LogP) is 2.90. The van der Waals surface area contributed by atoms with Gasteiger partial charge >= 0.3 is 6.09 Å². The summed E-state index contributed by atoms with van der Waals surface area (Å²) in [5.74, 6) is 0. The van der Waals surface area contributed by atoms with Crippen LogP contribution in [0.4, 0.5) is 10.5 Å². The summed E-state index contributed by atoms with van der Waals surface area (Å²) in [6.07, 6.45) is 0.403. The summed E-state index contributed by atoms with van der Waals surface area (Å²) >= 11 is -1.36. The number of fused-ring (bicyclic) bond motifs is 1. The van der Waals surface area contributed by atoms with Gasteiger partial charge in [-0.2, -0.15) is 0 Å². The molecule has 1 fully saturated rings. The number of hydrogen-bond donors (Lipinski definition) is 1. The van der Waals surface area contributed by atoms with Gasteiger partial charge in [-0.25, -0.2) is 4.79 Å². The molecule has 0 saturated carbocycles. The Morgan fingerprint density at radius 3 is 2.44 bits per heavy atom. The molecule has 0 aromatic heterocycles. The molecule has 7 heteroatoms. The van der Waals surface area contributed by atoms with Crippen LogP contribution in [0.1, 0.15) is 39.2 Å². The van der Waals surface area contributed by atoms with Crippen molar-refractivity contribution in [1.82, 2.24) is 4.90 Å². The molecule has 1 aromatic rings. The fourth-order valence-electron chi connectivity index (χ4n) is 3.60. The van der Waals surface area contributed by atoms with Crippen LogP contribution in [0.25, 0.3) is 0 Å². The summed E-state index contributed by atoms with van der Waals surface area (Å²) in [5, 5.41) is 9.26. The lowest BCUT2D eigenvalue weighted by atomic mass is 9.82. The minimum atomic E-state index is -1.36. The monoisotopic (exact) mass is 363 g/mol. The van der Waals surface area contributed by atoms with E-state index in [4.69, 9.17) is 0 Å². The fourth-order valence-corrected chi connectivity index (χ4v) is 4.31. The van der Waals surface area contributed by atoms with E-state index in [9.17, 15) is 14.5 Å².